The summed E-state index contributed by atoms with van der Waals surface area (Å²) in [6.45, 7) is 9.11. The first-order valence-corrected chi connectivity index (χ1v) is 16.2. The maximum absolute atomic E-state index is 15.4. The molecule has 3 aromatic rings. The summed E-state index contributed by atoms with van der Waals surface area (Å²) in [5.41, 5.74) is 2.16. The molecule has 13 heteroatoms. The molecule has 1 saturated heterocycles. The number of hydrogen-bond donors (Lipinski definition) is 3. The number of halogens is 4. The molecular formula is C36H42F4N4O5. The zero-order valence-electron chi connectivity index (χ0n) is 28.2. The summed E-state index contributed by atoms with van der Waals surface area (Å²) in [6.07, 6.45) is 0.450. The van der Waals surface area contributed by atoms with Crippen LogP contribution < -0.4 is 16.2 Å². The molecule has 2 amide bonds. The van der Waals surface area contributed by atoms with E-state index in [0.29, 0.717) is 11.1 Å². The largest absolute Gasteiger partial charge is 0.481 e. The van der Waals surface area contributed by atoms with E-state index in [-0.39, 0.29) is 49.5 Å². The molecule has 1 aliphatic rings. The lowest BCUT2D eigenvalue weighted by Gasteiger charge is -2.25. The molecule has 264 valence electrons. The molecule has 0 aliphatic carbocycles. The summed E-state index contributed by atoms with van der Waals surface area (Å²) in [6, 6.07) is 6.06. The SMILES string of the molecule is Cc1cc(C)c(-c2cc(F)c(F)c([C@H](CC(=O)O)NC(=O)[C@H](CC(C)C)NC(=O)c3cccn(CCN4CCC(F)(F)C4)c3=O)c2)c(C)c1. The Labute approximate surface area is 282 Å². The molecule has 0 bridgehead atoms. The normalized spacial score (nSPS) is 15.6. The molecule has 0 saturated carbocycles. The fourth-order valence-electron chi connectivity index (χ4n) is 6.40. The summed E-state index contributed by atoms with van der Waals surface area (Å²) >= 11 is 0. The Balaban J connectivity index is 1.59. The number of aryl methyl sites for hydroxylation is 3. The number of carbonyl (C=O) groups is 3. The van der Waals surface area contributed by atoms with Gasteiger partial charge in [-0.3, -0.25) is 24.1 Å². The van der Waals surface area contributed by atoms with Gasteiger partial charge in [0.25, 0.3) is 17.4 Å². The van der Waals surface area contributed by atoms with Crippen LogP contribution in [0.15, 0.2) is 47.4 Å². The summed E-state index contributed by atoms with van der Waals surface area (Å²) in [7, 11) is 0. The van der Waals surface area contributed by atoms with Crippen molar-refractivity contribution in [2.24, 2.45) is 5.92 Å². The molecule has 1 aromatic heterocycles. The Morgan fingerprint density at radius 3 is 2.27 bits per heavy atom. The first-order valence-electron chi connectivity index (χ1n) is 16.2. The molecule has 4 rings (SSSR count). The van der Waals surface area contributed by atoms with Crippen LogP contribution in [-0.2, 0) is 16.1 Å². The number of amides is 2. The highest BCUT2D eigenvalue weighted by atomic mass is 19.3. The first kappa shape index (κ1) is 37.3. The van der Waals surface area contributed by atoms with Crippen LogP contribution in [0, 0.1) is 38.3 Å². The number of pyridine rings is 1. The second-order valence-corrected chi connectivity index (χ2v) is 13.3. The van der Waals surface area contributed by atoms with Crippen molar-refractivity contribution in [1.29, 1.82) is 0 Å². The number of aliphatic carboxylic acids is 1. The van der Waals surface area contributed by atoms with Crippen molar-refractivity contribution < 1.29 is 37.1 Å². The number of carboxylic acids is 1. The highest BCUT2D eigenvalue weighted by Gasteiger charge is 2.38. The van der Waals surface area contributed by atoms with Gasteiger partial charge in [-0.1, -0.05) is 31.5 Å². The fraction of sp³-hybridized carbons (Fsp3) is 0.444. The molecule has 2 atom stereocenters. The lowest BCUT2D eigenvalue weighted by molar-refractivity contribution is -0.137. The lowest BCUT2D eigenvalue weighted by atomic mass is 9.90. The van der Waals surface area contributed by atoms with Gasteiger partial charge in [0, 0.05) is 37.8 Å². The second-order valence-electron chi connectivity index (χ2n) is 13.3. The van der Waals surface area contributed by atoms with Gasteiger partial charge in [-0.25, -0.2) is 17.6 Å². The summed E-state index contributed by atoms with van der Waals surface area (Å²) in [5.74, 6) is -8.61. The van der Waals surface area contributed by atoms with Gasteiger partial charge in [-0.05, 0) is 79.6 Å². The van der Waals surface area contributed by atoms with E-state index >= 15 is 8.78 Å². The summed E-state index contributed by atoms with van der Waals surface area (Å²) in [5, 5.41) is 14.7. The third-order valence-corrected chi connectivity index (χ3v) is 8.59. The van der Waals surface area contributed by atoms with E-state index in [2.05, 4.69) is 10.6 Å². The van der Waals surface area contributed by atoms with E-state index in [1.807, 2.05) is 32.9 Å². The predicted molar refractivity (Wildman–Crippen MR) is 177 cm³/mol. The molecule has 1 aliphatic heterocycles. The maximum atomic E-state index is 15.4. The quantitative estimate of drug-likeness (QED) is 0.203. The van der Waals surface area contributed by atoms with Gasteiger partial charge in [0.1, 0.15) is 11.6 Å². The molecule has 1 fully saturated rings. The number of benzene rings is 2. The predicted octanol–water partition coefficient (Wildman–Crippen LogP) is 5.54. The van der Waals surface area contributed by atoms with Gasteiger partial charge < -0.3 is 20.3 Å². The number of carbonyl (C=O) groups excluding carboxylic acids is 2. The monoisotopic (exact) mass is 686 g/mol. The summed E-state index contributed by atoms with van der Waals surface area (Å²) in [4.78, 5) is 53.6. The molecule has 2 heterocycles. The Morgan fingerprint density at radius 2 is 1.67 bits per heavy atom. The fourth-order valence-corrected chi connectivity index (χ4v) is 6.40. The van der Waals surface area contributed by atoms with E-state index in [0.717, 1.165) is 22.8 Å². The van der Waals surface area contributed by atoms with Crippen LogP contribution in [0.1, 0.15) is 71.8 Å². The lowest BCUT2D eigenvalue weighted by Crippen LogP contribution is -2.49. The van der Waals surface area contributed by atoms with Crippen molar-refractivity contribution in [2.45, 2.75) is 78.4 Å². The van der Waals surface area contributed by atoms with Crippen LogP contribution in [0.25, 0.3) is 11.1 Å². The topological polar surface area (TPSA) is 121 Å². The van der Waals surface area contributed by atoms with Gasteiger partial charge in [-0.2, -0.15) is 0 Å². The van der Waals surface area contributed by atoms with Crippen molar-refractivity contribution in [2.75, 3.05) is 19.6 Å². The molecule has 9 nitrogen and oxygen atoms in total. The van der Waals surface area contributed by atoms with E-state index < -0.39 is 65.9 Å². The van der Waals surface area contributed by atoms with E-state index in [1.54, 1.807) is 13.8 Å². The number of alkyl halides is 2. The molecule has 0 unspecified atom stereocenters. The van der Waals surface area contributed by atoms with Crippen LogP contribution in [0.3, 0.4) is 0 Å². The molecule has 0 spiro atoms. The van der Waals surface area contributed by atoms with Crippen LogP contribution >= 0.6 is 0 Å². The Hall–Kier alpha value is -4.52. The van der Waals surface area contributed by atoms with E-state index in [9.17, 15) is 33.1 Å². The van der Waals surface area contributed by atoms with Crippen molar-refractivity contribution in [1.82, 2.24) is 20.1 Å². The Bertz CT molecular complexity index is 1770. The second kappa shape index (κ2) is 15.4. The highest BCUT2D eigenvalue weighted by molar-refractivity contribution is 5.97. The Morgan fingerprint density at radius 1 is 1.00 bits per heavy atom. The van der Waals surface area contributed by atoms with Crippen molar-refractivity contribution >= 4 is 17.8 Å². The van der Waals surface area contributed by atoms with Gasteiger partial charge in [-0.15, -0.1) is 0 Å². The maximum Gasteiger partial charge on any atom is 0.305 e. The van der Waals surface area contributed by atoms with Gasteiger partial charge in [0.2, 0.25) is 5.91 Å². The van der Waals surface area contributed by atoms with E-state index in [1.165, 1.54) is 33.9 Å². The first-order chi connectivity index (χ1) is 23.0. The van der Waals surface area contributed by atoms with E-state index in [4.69, 9.17) is 0 Å². The Kier molecular flexibility index (Phi) is 11.7. The highest BCUT2D eigenvalue weighted by Crippen LogP contribution is 2.34. The molecule has 3 N–H and O–H groups in total. The zero-order chi connectivity index (χ0) is 36.2. The molecule has 0 radical (unpaired) electrons. The average molecular weight is 687 g/mol. The summed E-state index contributed by atoms with van der Waals surface area (Å²) < 4.78 is 58.9. The van der Waals surface area contributed by atoms with Crippen molar-refractivity contribution in [3.05, 3.63) is 92.4 Å². The van der Waals surface area contributed by atoms with Crippen LogP contribution in [0.2, 0.25) is 0 Å². The minimum Gasteiger partial charge on any atom is -0.481 e. The number of nitrogens with one attached hydrogen (secondary N) is 2. The van der Waals surface area contributed by atoms with Crippen LogP contribution in [0.5, 0.6) is 0 Å². The van der Waals surface area contributed by atoms with Crippen molar-refractivity contribution in [3.8, 4) is 11.1 Å². The minimum absolute atomic E-state index is 0.0611. The number of hydrogen-bond acceptors (Lipinski definition) is 5. The third kappa shape index (κ3) is 9.34. The van der Waals surface area contributed by atoms with Gasteiger partial charge in [0.15, 0.2) is 11.6 Å². The number of carboxylic acid groups (broad SMARTS) is 1. The zero-order valence-corrected chi connectivity index (χ0v) is 28.2. The standard InChI is InChI=1S/C36H42F4N4O5/c1-20(2)13-29(42-33(47)25-7-6-9-44(35(25)49)12-11-43-10-8-36(39,40)19-43)34(48)41-28(18-30(45)46)26-16-24(17-27(37)32(26)38)31-22(4)14-21(3)15-23(31)5/h6-7,9,14-17,20,28-29H,8,10-13,18-19H2,1-5H3,(H,41,48)(H,42,47)(H,45,46)/t28-,29-/m0/s1. The molecule has 2 aromatic carbocycles. The average Bonchev–Trinajstić information content (AvgIpc) is 3.34. The minimum atomic E-state index is -2.79. The number of aromatic nitrogens is 1. The molecular weight excluding hydrogens is 644 g/mol. The number of likely N-dealkylation sites (tertiary alicyclic amines) is 1. The van der Waals surface area contributed by atoms with Crippen LogP contribution in [-0.4, -0.2) is 64.0 Å². The third-order valence-electron chi connectivity index (χ3n) is 8.59. The smallest absolute Gasteiger partial charge is 0.305 e. The number of rotatable bonds is 13. The van der Waals surface area contributed by atoms with Crippen LogP contribution in [0.4, 0.5) is 17.6 Å². The van der Waals surface area contributed by atoms with Crippen molar-refractivity contribution in [3.63, 3.8) is 0 Å². The number of nitrogens with zero attached hydrogens (tertiary/aromatic N) is 2. The van der Waals surface area contributed by atoms with Gasteiger partial charge >= 0.3 is 5.97 Å². The van der Waals surface area contributed by atoms with Gasteiger partial charge in [0.05, 0.1) is 19.0 Å². The molecule has 49 heavy (non-hydrogen) atoms.